The summed E-state index contributed by atoms with van der Waals surface area (Å²) >= 11 is 0. The second-order valence-electron chi connectivity index (χ2n) is 7.51. The Labute approximate surface area is 157 Å². The normalized spacial score (nSPS) is 20.6. The predicted octanol–water partition coefficient (Wildman–Crippen LogP) is 3.87. The van der Waals surface area contributed by atoms with Gasteiger partial charge in [0.1, 0.15) is 6.10 Å². The molecule has 0 radical (unpaired) electrons. The number of aromatic nitrogens is 1. The number of halogens is 2. The third kappa shape index (κ3) is 3.96. The van der Waals surface area contributed by atoms with Crippen LogP contribution in [0.1, 0.15) is 38.9 Å². The number of hydrogen-bond donors (Lipinski definition) is 1. The SMILES string of the molecule is CC(C)(C)S(=O)(=O)c1ccc(NC2CCOC2c2ccc(F)c(F)c2)cn1. The fraction of sp³-hybridized carbons (Fsp3) is 0.421. The van der Waals surface area contributed by atoms with E-state index < -0.39 is 32.3 Å². The summed E-state index contributed by atoms with van der Waals surface area (Å²) in [4.78, 5) is 4.08. The van der Waals surface area contributed by atoms with Crippen molar-refractivity contribution in [3.63, 3.8) is 0 Å². The average Bonchev–Trinajstić information content (AvgIpc) is 3.05. The molecule has 8 heteroatoms. The molecule has 1 N–H and O–H groups in total. The summed E-state index contributed by atoms with van der Waals surface area (Å²) in [7, 11) is -3.52. The van der Waals surface area contributed by atoms with Gasteiger partial charge in [-0.1, -0.05) is 6.07 Å². The van der Waals surface area contributed by atoms with Crippen LogP contribution < -0.4 is 5.32 Å². The summed E-state index contributed by atoms with van der Waals surface area (Å²) in [5.41, 5.74) is 1.18. The van der Waals surface area contributed by atoms with Crippen LogP contribution in [0.2, 0.25) is 0 Å². The summed E-state index contributed by atoms with van der Waals surface area (Å²) in [5, 5.41) is 3.26. The molecule has 1 fully saturated rings. The Morgan fingerprint density at radius 3 is 2.48 bits per heavy atom. The van der Waals surface area contributed by atoms with Gasteiger partial charge in [-0.2, -0.15) is 0 Å². The third-order valence-corrected chi connectivity index (χ3v) is 6.94. The van der Waals surface area contributed by atoms with E-state index >= 15 is 0 Å². The Balaban J connectivity index is 1.77. The van der Waals surface area contributed by atoms with E-state index in [4.69, 9.17) is 4.74 Å². The van der Waals surface area contributed by atoms with Gasteiger partial charge in [-0.25, -0.2) is 22.2 Å². The summed E-state index contributed by atoms with van der Waals surface area (Å²) in [6.07, 6.45) is 1.70. The maximum absolute atomic E-state index is 13.5. The Morgan fingerprint density at radius 2 is 1.89 bits per heavy atom. The molecule has 0 aliphatic carbocycles. The highest BCUT2D eigenvalue weighted by Crippen LogP contribution is 2.32. The minimum atomic E-state index is -3.52. The van der Waals surface area contributed by atoms with Crippen molar-refractivity contribution >= 4 is 15.5 Å². The average molecular weight is 396 g/mol. The molecule has 0 saturated carbocycles. The molecule has 1 aliphatic heterocycles. The lowest BCUT2D eigenvalue weighted by atomic mass is 10.0. The smallest absolute Gasteiger partial charge is 0.200 e. The highest BCUT2D eigenvalue weighted by Gasteiger charge is 2.33. The van der Waals surface area contributed by atoms with E-state index in [0.29, 0.717) is 24.3 Å². The third-order valence-electron chi connectivity index (χ3n) is 4.53. The van der Waals surface area contributed by atoms with Crippen LogP contribution >= 0.6 is 0 Å². The van der Waals surface area contributed by atoms with Crippen LogP contribution in [0.5, 0.6) is 0 Å². The fourth-order valence-corrected chi connectivity index (χ4v) is 3.97. The lowest BCUT2D eigenvalue weighted by Crippen LogP contribution is -2.28. The molecule has 1 aliphatic rings. The standard InChI is InChI=1S/C19H22F2N2O3S/c1-19(2,3)27(24,25)17-7-5-13(11-22-17)23-16-8-9-26-18(16)12-4-6-14(20)15(21)10-12/h4-7,10-11,16,18,23H,8-9H2,1-3H3. The molecule has 1 saturated heterocycles. The van der Waals surface area contributed by atoms with E-state index in [-0.39, 0.29) is 11.1 Å². The van der Waals surface area contributed by atoms with E-state index in [1.165, 1.54) is 18.3 Å². The highest BCUT2D eigenvalue weighted by atomic mass is 32.2. The van der Waals surface area contributed by atoms with Crippen molar-refractivity contribution in [2.24, 2.45) is 0 Å². The van der Waals surface area contributed by atoms with Gasteiger partial charge in [0, 0.05) is 6.61 Å². The minimum Gasteiger partial charge on any atom is -0.378 e. The minimum absolute atomic E-state index is 0.0142. The quantitative estimate of drug-likeness (QED) is 0.850. The Kier molecular flexibility index (Phi) is 5.22. The van der Waals surface area contributed by atoms with Crippen molar-refractivity contribution in [1.82, 2.24) is 4.98 Å². The van der Waals surface area contributed by atoms with Crippen LogP contribution in [0.25, 0.3) is 0 Å². The summed E-state index contributed by atoms with van der Waals surface area (Å²) in [5.74, 6) is -1.82. The number of anilines is 1. The van der Waals surface area contributed by atoms with Crippen LogP contribution in [0.3, 0.4) is 0 Å². The molecular weight excluding hydrogens is 374 g/mol. The zero-order valence-corrected chi connectivity index (χ0v) is 16.2. The number of ether oxygens (including phenoxy) is 1. The van der Waals surface area contributed by atoms with Crippen molar-refractivity contribution in [2.75, 3.05) is 11.9 Å². The lowest BCUT2D eigenvalue weighted by Gasteiger charge is -2.22. The number of nitrogens with zero attached hydrogens (tertiary/aromatic N) is 1. The monoisotopic (exact) mass is 396 g/mol. The number of benzene rings is 1. The zero-order chi connectivity index (χ0) is 19.8. The number of hydrogen-bond acceptors (Lipinski definition) is 5. The van der Waals surface area contributed by atoms with Crippen molar-refractivity contribution in [2.45, 2.75) is 49.1 Å². The largest absolute Gasteiger partial charge is 0.378 e. The number of pyridine rings is 1. The van der Waals surface area contributed by atoms with Crippen molar-refractivity contribution < 1.29 is 21.9 Å². The van der Waals surface area contributed by atoms with Crippen molar-refractivity contribution in [1.29, 1.82) is 0 Å². The predicted molar refractivity (Wildman–Crippen MR) is 98.3 cm³/mol. The van der Waals surface area contributed by atoms with E-state index in [1.54, 1.807) is 26.8 Å². The van der Waals surface area contributed by atoms with Gasteiger partial charge in [0.25, 0.3) is 0 Å². The highest BCUT2D eigenvalue weighted by molar-refractivity contribution is 7.92. The maximum Gasteiger partial charge on any atom is 0.200 e. The van der Waals surface area contributed by atoms with E-state index in [1.807, 2.05) is 0 Å². The molecule has 2 atom stereocenters. The first kappa shape index (κ1) is 19.7. The molecule has 3 rings (SSSR count). The topological polar surface area (TPSA) is 68.3 Å². The van der Waals surface area contributed by atoms with Crippen molar-refractivity contribution in [3.05, 3.63) is 53.7 Å². The molecule has 27 heavy (non-hydrogen) atoms. The second kappa shape index (κ2) is 7.16. The molecule has 2 aromatic rings. The molecule has 5 nitrogen and oxygen atoms in total. The van der Waals surface area contributed by atoms with E-state index in [2.05, 4.69) is 10.3 Å². The van der Waals surface area contributed by atoms with Crippen molar-refractivity contribution in [3.8, 4) is 0 Å². The molecule has 146 valence electrons. The molecule has 0 bridgehead atoms. The maximum atomic E-state index is 13.5. The van der Waals surface area contributed by atoms with Gasteiger partial charge < -0.3 is 10.1 Å². The van der Waals surface area contributed by atoms with Gasteiger partial charge in [-0.3, -0.25) is 0 Å². The van der Waals surface area contributed by atoms with Crippen LogP contribution in [-0.2, 0) is 14.6 Å². The van der Waals surface area contributed by atoms with Crippen LogP contribution in [-0.4, -0.2) is 30.8 Å². The van der Waals surface area contributed by atoms with Gasteiger partial charge in [0.2, 0.25) is 0 Å². The van der Waals surface area contributed by atoms with Gasteiger partial charge in [-0.05, 0) is 57.0 Å². The number of sulfone groups is 1. The molecule has 1 aromatic heterocycles. The fourth-order valence-electron chi connectivity index (χ4n) is 2.91. The van der Waals surface area contributed by atoms with Crippen LogP contribution in [0.15, 0.2) is 41.6 Å². The Hall–Kier alpha value is -2.06. The Morgan fingerprint density at radius 1 is 1.15 bits per heavy atom. The lowest BCUT2D eigenvalue weighted by molar-refractivity contribution is 0.107. The molecule has 0 amide bonds. The number of nitrogens with one attached hydrogen (secondary N) is 1. The first-order valence-electron chi connectivity index (χ1n) is 8.63. The zero-order valence-electron chi connectivity index (χ0n) is 15.4. The molecule has 2 heterocycles. The number of rotatable bonds is 4. The summed E-state index contributed by atoms with van der Waals surface area (Å²) < 4.78 is 56.3. The molecule has 2 unspecified atom stereocenters. The molecular formula is C19H22F2N2O3S. The van der Waals surface area contributed by atoms with Crippen LogP contribution in [0, 0.1) is 11.6 Å². The van der Waals surface area contributed by atoms with Gasteiger partial charge in [0.05, 0.1) is 22.7 Å². The molecule has 1 aromatic carbocycles. The van der Waals surface area contributed by atoms with Gasteiger partial charge >= 0.3 is 0 Å². The first-order chi connectivity index (χ1) is 12.6. The summed E-state index contributed by atoms with van der Waals surface area (Å²) in [6.45, 7) is 5.35. The Bertz CT molecular complexity index is 925. The van der Waals surface area contributed by atoms with Gasteiger partial charge in [-0.15, -0.1) is 0 Å². The first-order valence-corrected chi connectivity index (χ1v) is 10.1. The molecule has 0 spiro atoms. The van der Waals surface area contributed by atoms with E-state index in [9.17, 15) is 17.2 Å². The van der Waals surface area contributed by atoms with Gasteiger partial charge in [0.15, 0.2) is 26.5 Å². The summed E-state index contributed by atoms with van der Waals surface area (Å²) in [6, 6.07) is 6.66. The van der Waals surface area contributed by atoms with E-state index in [0.717, 1.165) is 12.1 Å². The van der Waals surface area contributed by atoms with Crippen LogP contribution in [0.4, 0.5) is 14.5 Å². The second-order valence-corrected chi connectivity index (χ2v) is 10.2.